The number of benzene rings is 2. The van der Waals surface area contributed by atoms with Crippen LogP contribution in [0.5, 0.6) is 0 Å². The second-order valence-corrected chi connectivity index (χ2v) is 5.99. The Bertz CT molecular complexity index is 718. The first kappa shape index (κ1) is 18.6. The number of amides is 1. The van der Waals surface area contributed by atoms with Crippen LogP contribution in [-0.2, 0) is 16.0 Å². The van der Waals surface area contributed by atoms with Crippen LogP contribution in [0, 0.1) is 11.7 Å². The van der Waals surface area contributed by atoms with Gasteiger partial charge in [0.05, 0.1) is 11.8 Å². The second-order valence-electron chi connectivity index (χ2n) is 5.99. The lowest BCUT2D eigenvalue weighted by molar-refractivity contribution is -0.141. The van der Waals surface area contributed by atoms with Crippen LogP contribution in [0.1, 0.15) is 30.4 Å². The molecule has 2 N–H and O–H groups in total. The molecule has 5 heteroatoms. The predicted molar refractivity (Wildman–Crippen MR) is 93.7 cm³/mol. The van der Waals surface area contributed by atoms with Gasteiger partial charge in [0.15, 0.2) is 0 Å². The van der Waals surface area contributed by atoms with E-state index in [1.165, 1.54) is 12.1 Å². The molecule has 0 saturated carbocycles. The maximum Gasteiger partial charge on any atom is 0.308 e. The van der Waals surface area contributed by atoms with E-state index in [0.29, 0.717) is 12.0 Å². The first-order valence-corrected chi connectivity index (χ1v) is 8.31. The molecule has 1 amide bonds. The molecule has 2 aromatic rings. The van der Waals surface area contributed by atoms with Crippen molar-refractivity contribution < 1.29 is 19.1 Å². The fourth-order valence-electron chi connectivity index (χ4n) is 2.80. The lowest BCUT2D eigenvalue weighted by Crippen LogP contribution is -2.36. The number of carboxylic acids is 1. The van der Waals surface area contributed by atoms with Gasteiger partial charge in [-0.25, -0.2) is 4.39 Å². The summed E-state index contributed by atoms with van der Waals surface area (Å²) in [6, 6.07) is 15.2. The number of rotatable bonds is 8. The topological polar surface area (TPSA) is 66.4 Å². The molecule has 0 radical (unpaired) electrons. The van der Waals surface area contributed by atoms with Crippen LogP contribution in [0.2, 0.25) is 0 Å². The molecule has 0 heterocycles. The molecule has 2 atom stereocenters. The minimum absolute atomic E-state index is 0.00795. The van der Waals surface area contributed by atoms with Gasteiger partial charge < -0.3 is 10.4 Å². The summed E-state index contributed by atoms with van der Waals surface area (Å²) in [5, 5.41) is 12.1. The van der Waals surface area contributed by atoms with E-state index < -0.39 is 17.7 Å². The lowest BCUT2D eigenvalue weighted by atomic mass is 9.94. The Morgan fingerprint density at radius 3 is 2.44 bits per heavy atom. The monoisotopic (exact) mass is 343 g/mol. The highest BCUT2D eigenvalue weighted by molar-refractivity contribution is 5.84. The molecule has 2 unspecified atom stereocenters. The van der Waals surface area contributed by atoms with Crippen molar-refractivity contribution in [3.63, 3.8) is 0 Å². The third kappa shape index (κ3) is 5.41. The van der Waals surface area contributed by atoms with Gasteiger partial charge in [-0.2, -0.15) is 0 Å². The average Bonchev–Trinajstić information content (AvgIpc) is 2.60. The molecule has 0 saturated heterocycles. The summed E-state index contributed by atoms with van der Waals surface area (Å²) in [4.78, 5) is 23.9. The van der Waals surface area contributed by atoms with Gasteiger partial charge in [-0.1, -0.05) is 49.4 Å². The number of nitrogens with one attached hydrogen (secondary N) is 1. The van der Waals surface area contributed by atoms with Crippen LogP contribution < -0.4 is 5.32 Å². The summed E-state index contributed by atoms with van der Waals surface area (Å²) >= 11 is 0. The third-order valence-electron chi connectivity index (χ3n) is 4.17. The zero-order valence-corrected chi connectivity index (χ0v) is 14.1. The van der Waals surface area contributed by atoms with Crippen molar-refractivity contribution >= 4 is 11.9 Å². The fourth-order valence-corrected chi connectivity index (χ4v) is 2.80. The molecule has 0 bridgehead atoms. The molecular formula is C20H22FNO3. The van der Waals surface area contributed by atoms with E-state index in [1.807, 2.05) is 37.3 Å². The summed E-state index contributed by atoms with van der Waals surface area (Å²) in [5.74, 6) is -2.74. The molecule has 0 fully saturated rings. The number of hydrogen-bond acceptors (Lipinski definition) is 2. The van der Waals surface area contributed by atoms with Crippen LogP contribution in [0.4, 0.5) is 4.39 Å². The molecule has 2 aromatic carbocycles. The Morgan fingerprint density at radius 1 is 1.12 bits per heavy atom. The number of carbonyl (C=O) groups excluding carboxylic acids is 1. The first-order valence-electron chi connectivity index (χ1n) is 8.31. The first-order chi connectivity index (χ1) is 12.0. The van der Waals surface area contributed by atoms with Gasteiger partial charge in [0, 0.05) is 6.54 Å². The third-order valence-corrected chi connectivity index (χ3v) is 4.17. The zero-order valence-electron chi connectivity index (χ0n) is 14.1. The maximum absolute atomic E-state index is 13.3. The Morgan fingerprint density at radius 2 is 1.84 bits per heavy atom. The predicted octanol–water partition coefficient (Wildman–Crippen LogP) is 3.38. The van der Waals surface area contributed by atoms with Gasteiger partial charge in [0.2, 0.25) is 5.91 Å². The van der Waals surface area contributed by atoms with E-state index in [9.17, 15) is 19.1 Å². The van der Waals surface area contributed by atoms with Crippen LogP contribution in [0.15, 0.2) is 54.6 Å². The van der Waals surface area contributed by atoms with Gasteiger partial charge in [0.1, 0.15) is 5.82 Å². The summed E-state index contributed by atoms with van der Waals surface area (Å²) in [7, 11) is 0. The van der Waals surface area contributed by atoms with E-state index in [0.717, 1.165) is 5.56 Å². The van der Waals surface area contributed by atoms with E-state index in [1.54, 1.807) is 12.1 Å². The van der Waals surface area contributed by atoms with Crippen molar-refractivity contribution in [1.82, 2.24) is 5.32 Å². The van der Waals surface area contributed by atoms with Gasteiger partial charge in [-0.3, -0.25) is 9.59 Å². The molecule has 2 rings (SSSR count). The van der Waals surface area contributed by atoms with E-state index >= 15 is 0 Å². The zero-order chi connectivity index (χ0) is 18.2. The van der Waals surface area contributed by atoms with Crippen molar-refractivity contribution in [2.75, 3.05) is 6.54 Å². The number of aliphatic carboxylic acids is 1. The normalized spacial score (nSPS) is 13.0. The number of hydrogen-bond donors (Lipinski definition) is 2. The molecule has 132 valence electrons. The number of carbonyl (C=O) groups is 2. The maximum atomic E-state index is 13.3. The summed E-state index contributed by atoms with van der Waals surface area (Å²) in [6.07, 6.45) is 0.785. The van der Waals surface area contributed by atoms with E-state index in [4.69, 9.17) is 0 Å². The van der Waals surface area contributed by atoms with Crippen LogP contribution in [0.25, 0.3) is 0 Å². The average molecular weight is 343 g/mol. The molecule has 0 aliphatic heterocycles. The standard InChI is InChI=1S/C20H22FNO3/c1-2-18(15-8-4-3-5-9-15)19(23)22-13-16(20(24)25)11-14-7-6-10-17(21)12-14/h3-10,12,16,18H,2,11,13H2,1H3,(H,22,23)(H,24,25). The molecule has 0 aromatic heterocycles. The minimum atomic E-state index is -1.02. The van der Waals surface area contributed by atoms with Crippen LogP contribution >= 0.6 is 0 Å². The largest absolute Gasteiger partial charge is 0.481 e. The molecule has 4 nitrogen and oxygen atoms in total. The molecule has 0 spiro atoms. The van der Waals surface area contributed by atoms with E-state index in [-0.39, 0.29) is 24.8 Å². The van der Waals surface area contributed by atoms with Crippen LogP contribution in [-0.4, -0.2) is 23.5 Å². The van der Waals surface area contributed by atoms with Gasteiger partial charge in [-0.15, -0.1) is 0 Å². The quantitative estimate of drug-likeness (QED) is 0.772. The minimum Gasteiger partial charge on any atom is -0.481 e. The highest BCUT2D eigenvalue weighted by Gasteiger charge is 2.23. The van der Waals surface area contributed by atoms with Crippen LogP contribution in [0.3, 0.4) is 0 Å². The smallest absolute Gasteiger partial charge is 0.308 e. The lowest BCUT2D eigenvalue weighted by Gasteiger charge is -2.18. The highest BCUT2D eigenvalue weighted by Crippen LogP contribution is 2.19. The van der Waals surface area contributed by atoms with Crippen molar-refractivity contribution in [3.8, 4) is 0 Å². The fraction of sp³-hybridized carbons (Fsp3) is 0.300. The highest BCUT2D eigenvalue weighted by atomic mass is 19.1. The molecule has 25 heavy (non-hydrogen) atoms. The molecule has 0 aliphatic carbocycles. The Labute approximate surface area is 146 Å². The summed E-state index contributed by atoms with van der Waals surface area (Å²) < 4.78 is 13.3. The number of carboxylic acid groups (broad SMARTS) is 1. The van der Waals surface area contributed by atoms with Crippen molar-refractivity contribution in [3.05, 3.63) is 71.5 Å². The van der Waals surface area contributed by atoms with Crippen molar-refractivity contribution in [1.29, 1.82) is 0 Å². The second kappa shape index (κ2) is 8.97. The molecule has 0 aliphatic rings. The van der Waals surface area contributed by atoms with Gasteiger partial charge in [0.25, 0.3) is 0 Å². The SMILES string of the molecule is CCC(C(=O)NCC(Cc1cccc(F)c1)C(=O)O)c1ccccc1. The number of halogens is 1. The van der Waals surface area contributed by atoms with Gasteiger partial charge in [-0.05, 0) is 36.1 Å². The summed E-state index contributed by atoms with van der Waals surface area (Å²) in [6.45, 7) is 1.92. The van der Waals surface area contributed by atoms with Crippen molar-refractivity contribution in [2.24, 2.45) is 5.92 Å². The van der Waals surface area contributed by atoms with Gasteiger partial charge >= 0.3 is 5.97 Å². The summed E-state index contributed by atoms with van der Waals surface area (Å²) in [5.41, 5.74) is 1.50. The van der Waals surface area contributed by atoms with E-state index in [2.05, 4.69) is 5.32 Å². The Hall–Kier alpha value is -2.69. The Kier molecular flexibility index (Phi) is 6.69. The molecular weight excluding hydrogens is 321 g/mol. The Balaban J connectivity index is 2.00. The van der Waals surface area contributed by atoms with Crippen molar-refractivity contribution in [2.45, 2.75) is 25.7 Å².